The second-order valence-electron chi connectivity index (χ2n) is 7.34. The summed E-state index contributed by atoms with van der Waals surface area (Å²) in [4.78, 5) is 0. The minimum absolute atomic E-state index is 0.00504. The van der Waals surface area contributed by atoms with Crippen molar-refractivity contribution in [3.05, 3.63) is 78.0 Å². The normalized spacial score (nSPS) is 21.1. The van der Waals surface area contributed by atoms with Gasteiger partial charge in [-0.1, -0.05) is 26.2 Å². The minimum Gasteiger partial charge on any atom is -0.513 e. The van der Waals surface area contributed by atoms with Gasteiger partial charge in [0, 0.05) is 22.5 Å². The van der Waals surface area contributed by atoms with Crippen LogP contribution in [0.3, 0.4) is 0 Å². The van der Waals surface area contributed by atoms with E-state index in [1.54, 1.807) is 18.2 Å². The molecule has 3 nitrogen and oxygen atoms in total. The Balaban J connectivity index is 2.11. The molecular weight excluding hydrogens is 349 g/mol. The molecule has 0 amide bonds. The van der Waals surface area contributed by atoms with Gasteiger partial charge in [0.05, 0.1) is 19.1 Å². The third kappa shape index (κ3) is 2.67. The summed E-state index contributed by atoms with van der Waals surface area (Å²) in [5.41, 5.74) is 11.3. The topological polar surface area (TPSA) is 51.2 Å². The van der Waals surface area contributed by atoms with Crippen molar-refractivity contribution >= 4 is 37.8 Å². The molecule has 0 bridgehead atoms. The maximum Gasteiger partial charge on any atom is 0.135 e. The lowest BCUT2D eigenvalue weighted by molar-refractivity contribution is 0.386. The second-order valence-corrected chi connectivity index (χ2v) is 7.34. The molecule has 3 N–H and O–H groups in total. The molecule has 6 heteroatoms. The molecule has 0 aliphatic carbocycles. The maximum atomic E-state index is 13.5. The Labute approximate surface area is 166 Å². The quantitative estimate of drug-likeness (QED) is 0.394. The van der Waals surface area contributed by atoms with E-state index in [0.717, 1.165) is 33.4 Å². The van der Waals surface area contributed by atoms with Crippen LogP contribution >= 0.6 is 0 Å². The Morgan fingerprint density at radius 1 is 1.32 bits per heavy atom. The van der Waals surface area contributed by atoms with Crippen LogP contribution in [0.5, 0.6) is 0 Å². The first-order valence-corrected chi connectivity index (χ1v) is 9.18. The van der Waals surface area contributed by atoms with Gasteiger partial charge in [-0.2, -0.15) is 0 Å². The van der Waals surface area contributed by atoms with Gasteiger partial charge in [0.2, 0.25) is 0 Å². The van der Waals surface area contributed by atoms with Crippen molar-refractivity contribution in [2.24, 2.45) is 0 Å². The number of allylic oxidation sites excluding steroid dienone is 1. The first-order chi connectivity index (χ1) is 13.3. The highest BCUT2D eigenvalue weighted by molar-refractivity contribution is 6.44. The number of aliphatic hydroxyl groups is 1. The highest BCUT2D eigenvalue weighted by atomic mass is 19.1. The number of nitrogens with two attached hydrogens (primary N) is 1. The summed E-state index contributed by atoms with van der Waals surface area (Å²) < 4.78 is 15.6. The number of aromatic nitrogens is 1. The molecule has 0 saturated carbocycles. The number of aliphatic hydroxyl groups excluding tert-OH is 1. The Morgan fingerprint density at radius 3 is 2.61 bits per heavy atom. The van der Waals surface area contributed by atoms with Crippen molar-refractivity contribution in [3.8, 4) is 5.69 Å². The number of anilines is 1. The Bertz CT molecular complexity index is 1100. The second kappa shape index (κ2) is 6.62. The third-order valence-corrected chi connectivity index (χ3v) is 5.59. The summed E-state index contributed by atoms with van der Waals surface area (Å²) >= 11 is 0. The molecule has 2 aromatic carbocycles. The van der Waals surface area contributed by atoms with E-state index in [2.05, 4.69) is 24.6 Å². The van der Waals surface area contributed by atoms with E-state index in [1.807, 2.05) is 19.4 Å². The monoisotopic (exact) mass is 369 g/mol. The highest BCUT2D eigenvalue weighted by Crippen LogP contribution is 2.48. The number of halogens is 1. The number of rotatable bonds is 3. The number of hydrogen-bond donors (Lipinski definition) is 2. The summed E-state index contributed by atoms with van der Waals surface area (Å²) in [5.74, 6) is -1.06. The first kappa shape index (κ1) is 18.5. The van der Waals surface area contributed by atoms with Crippen LogP contribution in [-0.4, -0.2) is 24.8 Å². The van der Waals surface area contributed by atoms with Gasteiger partial charge in [-0.15, -0.1) is 0 Å². The van der Waals surface area contributed by atoms with E-state index in [1.165, 1.54) is 12.1 Å². The molecule has 2 heterocycles. The van der Waals surface area contributed by atoms with E-state index in [4.69, 9.17) is 13.6 Å². The molecule has 3 radical (unpaired) electrons. The van der Waals surface area contributed by atoms with E-state index < -0.39 is 5.82 Å². The van der Waals surface area contributed by atoms with E-state index >= 15 is 0 Å². The molecular formula is C22H20B2FN2O. The fourth-order valence-corrected chi connectivity index (χ4v) is 4.27. The number of hydrogen-bond acceptors (Lipinski definition) is 2. The number of nitrogens with zero attached hydrogens (tertiary/aromatic N) is 1. The maximum absolute atomic E-state index is 13.5. The van der Waals surface area contributed by atoms with Crippen LogP contribution in [0.25, 0.3) is 22.7 Å². The third-order valence-electron chi connectivity index (χ3n) is 5.59. The zero-order valence-electron chi connectivity index (χ0n) is 15.7. The summed E-state index contributed by atoms with van der Waals surface area (Å²) in [7, 11) is 8.58. The predicted octanol–water partition coefficient (Wildman–Crippen LogP) is 4.84. The SMILES string of the molecule is [B]C1c2c(n(-c3ccc(F)cc3)c3cc(C=C)c(N)cc23)C(C)[B]C1C(=C)O. The molecule has 1 aliphatic rings. The molecule has 0 spiro atoms. The van der Waals surface area contributed by atoms with Gasteiger partial charge < -0.3 is 15.4 Å². The minimum atomic E-state index is -0.457. The predicted molar refractivity (Wildman–Crippen MR) is 116 cm³/mol. The average molecular weight is 369 g/mol. The lowest BCUT2D eigenvalue weighted by Gasteiger charge is -2.33. The zero-order chi connectivity index (χ0) is 20.2. The van der Waals surface area contributed by atoms with Crippen molar-refractivity contribution in [1.29, 1.82) is 0 Å². The van der Waals surface area contributed by atoms with Gasteiger partial charge in [-0.25, -0.2) is 4.39 Å². The molecule has 1 aliphatic heterocycles. The smallest absolute Gasteiger partial charge is 0.135 e. The summed E-state index contributed by atoms with van der Waals surface area (Å²) in [6, 6.07) is 10.2. The average Bonchev–Trinajstić information content (AvgIpc) is 2.99. The number of nitrogen functional groups attached to an aromatic ring is 1. The van der Waals surface area contributed by atoms with Crippen LogP contribution in [0.1, 0.15) is 35.4 Å². The molecule has 0 fully saturated rings. The summed E-state index contributed by atoms with van der Waals surface area (Å²) in [6.45, 7) is 9.59. The van der Waals surface area contributed by atoms with E-state index in [-0.39, 0.29) is 23.2 Å². The molecule has 4 rings (SSSR count). The fraction of sp³-hybridized carbons (Fsp3) is 0.182. The van der Waals surface area contributed by atoms with E-state index in [0.29, 0.717) is 5.69 Å². The number of benzene rings is 2. The van der Waals surface area contributed by atoms with Gasteiger partial charge in [-0.3, -0.25) is 0 Å². The highest BCUT2D eigenvalue weighted by Gasteiger charge is 2.37. The van der Waals surface area contributed by atoms with Crippen LogP contribution in [0, 0.1) is 5.82 Å². The van der Waals surface area contributed by atoms with Gasteiger partial charge >= 0.3 is 0 Å². The fourth-order valence-electron chi connectivity index (χ4n) is 4.27. The van der Waals surface area contributed by atoms with Crippen LogP contribution in [0.4, 0.5) is 10.1 Å². The van der Waals surface area contributed by atoms with Crippen molar-refractivity contribution < 1.29 is 9.50 Å². The van der Waals surface area contributed by atoms with E-state index in [9.17, 15) is 9.50 Å². The molecule has 3 atom stereocenters. The van der Waals surface area contributed by atoms with Crippen LogP contribution in [0.15, 0.2) is 55.3 Å². The molecule has 3 unspecified atom stereocenters. The lowest BCUT2D eigenvalue weighted by atomic mass is 9.42. The van der Waals surface area contributed by atoms with Crippen molar-refractivity contribution in [3.63, 3.8) is 0 Å². The van der Waals surface area contributed by atoms with Crippen LogP contribution in [-0.2, 0) is 0 Å². The summed E-state index contributed by atoms with van der Waals surface area (Å²) in [5, 5.41) is 11.0. The Kier molecular flexibility index (Phi) is 4.37. The van der Waals surface area contributed by atoms with Crippen LogP contribution in [0.2, 0.25) is 5.82 Å². The van der Waals surface area contributed by atoms with Crippen molar-refractivity contribution in [2.45, 2.75) is 24.4 Å². The zero-order valence-corrected chi connectivity index (χ0v) is 15.7. The Morgan fingerprint density at radius 2 is 2.00 bits per heavy atom. The molecule has 3 aromatic rings. The molecule has 1 aromatic heterocycles. The van der Waals surface area contributed by atoms with Crippen molar-refractivity contribution in [2.75, 3.05) is 5.73 Å². The van der Waals surface area contributed by atoms with Gasteiger partial charge in [-0.05, 0) is 65.0 Å². The van der Waals surface area contributed by atoms with Crippen LogP contribution < -0.4 is 5.73 Å². The lowest BCUT2D eigenvalue weighted by Crippen LogP contribution is -2.28. The molecule has 137 valence electrons. The molecule has 0 saturated heterocycles. The largest absolute Gasteiger partial charge is 0.513 e. The number of fused-ring (bicyclic) bond motifs is 3. The van der Waals surface area contributed by atoms with Crippen molar-refractivity contribution in [1.82, 2.24) is 4.57 Å². The summed E-state index contributed by atoms with van der Waals surface area (Å²) in [6.07, 6.45) is 1.71. The first-order valence-electron chi connectivity index (χ1n) is 9.18. The molecule has 28 heavy (non-hydrogen) atoms. The standard InChI is InChI=1S/C22H20B2FN2O/c1-4-13-9-18-16(10-17(13)26)19-20(23)21(12(3)28)24-11(2)22(19)27(18)15-7-5-14(25)6-8-15/h4-11,20-21,28H,1,3,26H2,2H3. The van der Waals surface area contributed by atoms with Gasteiger partial charge in [0.25, 0.3) is 0 Å². The van der Waals surface area contributed by atoms with Gasteiger partial charge in [0.15, 0.2) is 0 Å². The Hall–Kier alpha value is -2.88. The van der Waals surface area contributed by atoms with Gasteiger partial charge in [0.1, 0.15) is 13.1 Å².